The molecule has 1 unspecified atom stereocenters. The molecule has 1 heterocycles. The summed E-state index contributed by atoms with van der Waals surface area (Å²) in [6, 6.07) is 2.50. The molecule has 1 fully saturated rings. The Morgan fingerprint density at radius 1 is 1.38 bits per heavy atom. The van der Waals surface area contributed by atoms with E-state index in [9.17, 15) is 13.2 Å². The largest absolute Gasteiger partial charge is 0.478 e. The van der Waals surface area contributed by atoms with Gasteiger partial charge in [-0.25, -0.2) is 13.2 Å². The van der Waals surface area contributed by atoms with Crippen LogP contribution in [0, 0.1) is 13.8 Å². The number of carbonyl (C=O) groups is 1. The number of carboxylic acid groups (broad SMARTS) is 1. The summed E-state index contributed by atoms with van der Waals surface area (Å²) in [4.78, 5) is 11.2. The van der Waals surface area contributed by atoms with Crippen LogP contribution in [0.4, 0.5) is 0 Å². The van der Waals surface area contributed by atoms with Crippen molar-refractivity contribution in [2.75, 3.05) is 20.3 Å². The Hall–Kier alpha value is -1.44. The molecule has 0 amide bonds. The Morgan fingerprint density at radius 3 is 2.57 bits per heavy atom. The van der Waals surface area contributed by atoms with Crippen LogP contribution in [-0.4, -0.2) is 50.1 Å². The molecule has 1 saturated heterocycles. The van der Waals surface area contributed by atoms with Gasteiger partial charge in [0.2, 0.25) is 10.0 Å². The van der Waals surface area contributed by atoms with E-state index in [1.807, 2.05) is 0 Å². The summed E-state index contributed by atoms with van der Waals surface area (Å²) in [6.45, 7) is 4.30. The van der Waals surface area contributed by atoms with Crippen molar-refractivity contribution in [1.82, 2.24) is 4.31 Å². The maximum absolute atomic E-state index is 12.7. The molecule has 1 aliphatic heterocycles. The molecule has 2 rings (SSSR count). The Kier molecular flexibility index (Phi) is 4.36. The van der Waals surface area contributed by atoms with Crippen molar-refractivity contribution in [3.63, 3.8) is 0 Å². The molecule has 0 spiro atoms. The van der Waals surface area contributed by atoms with Crippen LogP contribution in [0.1, 0.15) is 27.9 Å². The molecule has 1 aromatic carbocycles. The van der Waals surface area contributed by atoms with Crippen LogP contribution in [0.15, 0.2) is 17.0 Å². The van der Waals surface area contributed by atoms with E-state index in [0.717, 1.165) is 0 Å². The quantitative estimate of drug-likeness (QED) is 0.908. The minimum absolute atomic E-state index is 0.0206. The third kappa shape index (κ3) is 2.95. The molecular weight excluding hydrogens is 294 g/mol. The number of ether oxygens (including phenoxy) is 1. The molecule has 0 radical (unpaired) electrons. The molecule has 6 nitrogen and oxygen atoms in total. The van der Waals surface area contributed by atoms with Gasteiger partial charge in [-0.1, -0.05) is 0 Å². The summed E-state index contributed by atoms with van der Waals surface area (Å²) in [7, 11) is -2.23. The van der Waals surface area contributed by atoms with Crippen molar-refractivity contribution in [2.24, 2.45) is 0 Å². The SMILES string of the molecule is Cc1cc(C(=O)O)cc(S(=O)(=O)N(C)C2CCOC2)c1C. The van der Waals surface area contributed by atoms with E-state index < -0.39 is 16.0 Å². The van der Waals surface area contributed by atoms with Crippen molar-refractivity contribution < 1.29 is 23.1 Å². The molecular formula is C14H19NO5S. The number of sulfonamides is 1. The summed E-state index contributed by atoms with van der Waals surface area (Å²) in [6.07, 6.45) is 0.645. The second-order valence-electron chi connectivity index (χ2n) is 5.26. The second-order valence-corrected chi connectivity index (χ2v) is 7.23. The van der Waals surface area contributed by atoms with Gasteiger partial charge in [0, 0.05) is 13.7 Å². The van der Waals surface area contributed by atoms with Gasteiger partial charge in [0.1, 0.15) is 0 Å². The smallest absolute Gasteiger partial charge is 0.335 e. The fourth-order valence-electron chi connectivity index (χ4n) is 2.38. The number of hydrogen-bond acceptors (Lipinski definition) is 4. The van der Waals surface area contributed by atoms with E-state index in [-0.39, 0.29) is 16.5 Å². The lowest BCUT2D eigenvalue weighted by Gasteiger charge is -2.24. The molecule has 0 aromatic heterocycles. The number of aryl methyl sites for hydroxylation is 1. The van der Waals surface area contributed by atoms with Crippen LogP contribution in [0.3, 0.4) is 0 Å². The van der Waals surface area contributed by atoms with E-state index in [1.54, 1.807) is 13.8 Å². The standard InChI is InChI=1S/C14H19NO5S/c1-9-6-11(14(16)17)7-13(10(9)2)21(18,19)15(3)12-4-5-20-8-12/h6-7,12H,4-5,8H2,1-3H3,(H,16,17). The van der Waals surface area contributed by atoms with Crippen LogP contribution in [0.2, 0.25) is 0 Å². The number of likely N-dealkylation sites (N-methyl/N-ethyl adjacent to an activating group) is 1. The summed E-state index contributed by atoms with van der Waals surface area (Å²) in [5, 5.41) is 9.11. The van der Waals surface area contributed by atoms with Crippen LogP contribution >= 0.6 is 0 Å². The third-order valence-electron chi connectivity index (χ3n) is 3.94. The van der Waals surface area contributed by atoms with Crippen LogP contribution in [-0.2, 0) is 14.8 Å². The molecule has 116 valence electrons. The van der Waals surface area contributed by atoms with Crippen molar-refractivity contribution in [3.05, 3.63) is 28.8 Å². The zero-order chi connectivity index (χ0) is 15.8. The third-order valence-corrected chi connectivity index (χ3v) is 5.98. The lowest BCUT2D eigenvalue weighted by molar-refractivity contribution is 0.0696. The molecule has 1 atom stereocenters. The lowest BCUT2D eigenvalue weighted by Crippen LogP contribution is -2.37. The van der Waals surface area contributed by atoms with Crippen LogP contribution in [0.25, 0.3) is 0 Å². The maximum atomic E-state index is 12.7. The van der Waals surface area contributed by atoms with E-state index in [0.29, 0.717) is 30.8 Å². The zero-order valence-corrected chi connectivity index (χ0v) is 13.1. The minimum atomic E-state index is -3.74. The molecule has 1 aromatic rings. The molecule has 1 N–H and O–H groups in total. The van der Waals surface area contributed by atoms with Gasteiger partial charge in [0.15, 0.2) is 0 Å². The average Bonchev–Trinajstić information content (AvgIpc) is 2.94. The summed E-state index contributed by atoms with van der Waals surface area (Å²) < 4.78 is 32.0. The first-order valence-electron chi connectivity index (χ1n) is 6.65. The average molecular weight is 313 g/mol. The summed E-state index contributed by atoms with van der Waals surface area (Å²) >= 11 is 0. The first-order valence-corrected chi connectivity index (χ1v) is 8.09. The number of rotatable bonds is 4. The van der Waals surface area contributed by atoms with E-state index in [2.05, 4.69) is 0 Å². The topological polar surface area (TPSA) is 83.9 Å². The van der Waals surface area contributed by atoms with Gasteiger partial charge >= 0.3 is 5.97 Å². The highest BCUT2D eigenvalue weighted by Gasteiger charge is 2.32. The molecule has 0 bridgehead atoms. The van der Waals surface area contributed by atoms with Crippen molar-refractivity contribution >= 4 is 16.0 Å². The number of nitrogens with zero attached hydrogens (tertiary/aromatic N) is 1. The molecule has 21 heavy (non-hydrogen) atoms. The number of aromatic carboxylic acids is 1. The second kappa shape index (κ2) is 5.75. The molecule has 0 saturated carbocycles. The molecule has 1 aliphatic rings. The minimum Gasteiger partial charge on any atom is -0.478 e. The Labute approximate surface area is 124 Å². The number of hydrogen-bond donors (Lipinski definition) is 1. The van der Waals surface area contributed by atoms with Gasteiger partial charge in [0.25, 0.3) is 0 Å². The van der Waals surface area contributed by atoms with Crippen LogP contribution < -0.4 is 0 Å². The highest BCUT2D eigenvalue weighted by molar-refractivity contribution is 7.89. The predicted octanol–water partition coefficient (Wildman–Crippen LogP) is 1.41. The monoisotopic (exact) mass is 313 g/mol. The van der Waals surface area contributed by atoms with Gasteiger partial charge in [-0.2, -0.15) is 4.31 Å². The highest BCUT2D eigenvalue weighted by Crippen LogP contribution is 2.26. The molecule has 0 aliphatic carbocycles. The molecule has 7 heteroatoms. The van der Waals surface area contributed by atoms with Gasteiger partial charge in [-0.15, -0.1) is 0 Å². The number of carboxylic acids is 1. The van der Waals surface area contributed by atoms with E-state index in [1.165, 1.54) is 23.5 Å². The first kappa shape index (κ1) is 15.9. The van der Waals surface area contributed by atoms with Crippen molar-refractivity contribution in [1.29, 1.82) is 0 Å². The van der Waals surface area contributed by atoms with Gasteiger partial charge in [-0.3, -0.25) is 0 Å². The Bertz CT molecular complexity index is 662. The first-order chi connectivity index (χ1) is 9.75. The van der Waals surface area contributed by atoms with Crippen molar-refractivity contribution in [3.8, 4) is 0 Å². The van der Waals surface area contributed by atoms with Gasteiger partial charge in [-0.05, 0) is 43.5 Å². The van der Waals surface area contributed by atoms with E-state index >= 15 is 0 Å². The summed E-state index contributed by atoms with van der Waals surface area (Å²) in [5.41, 5.74) is 1.20. The van der Waals surface area contributed by atoms with Crippen molar-refractivity contribution in [2.45, 2.75) is 31.2 Å². The van der Waals surface area contributed by atoms with Crippen LogP contribution in [0.5, 0.6) is 0 Å². The zero-order valence-electron chi connectivity index (χ0n) is 12.3. The van der Waals surface area contributed by atoms with E-state index in [4.69, 9.17) is 9.84 Å². The Balaban J connectivity index is 2.50. The Morgan fingerprint density at radius 2 is 2.05 bits per heavy atom. The fourth-order valence-corrected chi connectivity index (χ4v) is 4.07. The fraction of sp³-hybridized carbons (Fsp3) is 0.500. The predicted molar refractivity (Wildman–Crippen MR) is 77.0 cm³/mol. The van der Waals surface area contributed by atoms with Gasteiger partial charge < -0.3 is 9.84 Å². The highest BCUT2D eigenvalue weighted by atomic mass is 32.2. The summed E-state index contributed by atoms with van der Waals surface area (Å²) in [5.74, 6) is -1.14. The lowest BCUT2D eigenvalue weighted by atomic mass is 10.1. The van der Waals surface area contributed by atoms with Gasteiger partial charge in [0.05, 0.1) is 23.1 Å². The number of benzene rings is 1. The maximum Gasteiger partial charge on any atom is 0.335 e. The normalized spacial score (nSPS) is 19.1.